The van der Waals surface area contributed by atoms with E-state index in [9.17, 15) is 4.79 Å². The van der Waals surface area contributed by atoms with Crippen LogP contribution in [0, 0.1) is 0 Å². The molecule has 2 rings (SSSR count). The van der Waals surface area contributed by atoms with Crippen LogP contribution < -0.4 is 10.6 Å². The summed E-state index contributed by atoms with van der Waals surface area (Å²) in [6.07, 6.45) is 1.49. The maximum Gasteiger partial charge on any atom is 0.258 e. The first-order valence-electron chi connectivity index (χ1n) is 5.96. The van der Waals surface area contributed by atoms with Crippen LogP contribution in [-0.2, 0) is 0 Å². The Morgan fingerprint density at radius 3 is 2.74 bits per heavy atom. The number of nitrogens with zero attached hydrogens (tertiary/aromatic N) is 1. The van der Waals surface area contributed by atoms with Gasteiger partial charge in [0.2, 0.25) is 0 Å². The summed E-state index contributed by atoms with van der Waals surface area (Å²) in [5.41, 5.74) is 1.39. The van der Waals surface area contributed by atoms with Crippen LogP contribution in [-0.4, -0.2) is 17.4 Å². The minimum absolute atomic E-state index is 0.202. The second-order valence-corrected chi connectivity index (χ2v) is 4.33. The van der Waals surface area contributed by atoms with Crippen LogP contribution in [0.3, 0.4) is 0 Å². The number of carbonyl (C=O) groups is 1. The molecule has 1 aromatic heterocycles. The molecule has 0 aliphatic rings. The average Bonchev–Trinajstić information content (AvgIpc) is 2.42. The van der Waals surface area contributed by atoms with Crippen LogP contribution in [0.2, 0.25) is 5.02 Å². The highest BCUT2D eigenvalue weighted by Crippen LogP contribution is 2.17. The van der Waals surface area contributed by atoms with E-state index < -0.39 is 0 Å². The zero-order valence-corrected chi connectivity index (χ0v) is 11.2. The number of halogens is 1. The van der Waals surface area contributed by atoms with Crippen molar-refractivity contribution in [2.75, 3.05) is 17.2 Å². The van der Waals surface area contributed by atoms with Gasteiger partial charge in [-0.05, 0) is 31.2 Å². The molecule has 0 aliphatic carbocycles. The summed E-state index contributed by atoms with van der Waals surface area (Å²) in [6.45, 7) is 2.74. The zero-order chi connectivity index (χ0) is 13.7. The van der Waals surface area contributed by atoms with Crippen LogP contribution in [0.1, 0.15) is 17.3 Å². The molecule has 0 radical (unpaired) electrons. The van der Waals surface area contributed by atoms with Crippen LogP contribution in [0.4, 0.5) is 11.5 Å². The van der Waals surface area contributed by atoms with Gasteiger partial charge >= 0.3 is 0 Å². The van der Waals surface area contributed by atoms with E-state index in [1.807, 2.05) is 25.1 Å². The summed E-state index contributed by atoms with van der Waals surface area (Å²) >= 11 is 5.75. The molecular weight excluding hydrogens is 262 g/mol. The van der Waals surface area contributed by atoms with Crippen molar-refractivity contribution in [3.63, 3.8) is 0 Å². The maximum absolute atomic E-state index is 12.2. The van der Waals surface area contributed by atoms with Crippen molar-refractivity contribution in [1.82, 2.24) is 4.98 Å². The second kappa shape index (κ2) is 6.20. The lowest BCUT2D eigenvalue weighted by Crippen LogP contribution is -2.15. The number of amides is 1. The lowest BCUT2D eigenvalue weighted by molar-refractivity contribution is 0.102. The summed E-state index contributed by atoms with van der Waals surface area (Å²) in [5, 5.41) is 6.42. The summed E-state index contributed by atoms with van der Waals surface area (Å²) < 4.78 is 0. The number of para-hydroxylation sites is 1. The molecule has 1 heterocycles. The third-order valence-corrected chi connectivity index (χ3v) is 2.73. The van der Waals surface area contributed by atoms with Gasteiger partial charge in [0.25, 0.3) is 5.91 Å². The standard InChI is InChI=1S/C14H14ClN3O/c1-2-16-12-6-4-3-5-11(12)14(19)18-13-8-7-10(15)9-17-13/h3-9,16H,2H2,1H3,(H,17,18,19). The third kappa shape index (κ3) is 3.45. The Morgan fingerprint density at radius 2 is 2.05 bits per heavy atom. The summed E-state index contributed by atoms with van der Waals surface area (Å²) in [5.74, 6) is 0.270. The van der Waals surface area contributed by atoms with Crippen molar-refractivity contribution in [3.05, 3.63) is 53.2 Å². The molecule has 0 saturated carbocycles. The van der Waals surface area contributed by atoms with Gasteiger partial charge in [-0.1, -0.05) is 23.7 Å². The molecule has 2 aromatic rings. The average molecular weight is 276 g/mol. The number of pyridine rings is 1. The molecule has 5 heteroatoms. The summed E-state index contributed by atoms with van der Waals surface area (Å²) in [4.78, 5) is 16.2. The van der Waals surface area contributed by atoms with E-state index in [-0.39, 0.29) is 5.91 Å². The quantitative estimate of drug-likeness (QED) is 0.899. The number of nitrogens with one attached hydrogen (secondary N) is 2. The van der Waals surface area contributed by atoms with Crippen molar-refractivity contribution in [2.45, 2.75) is 6.92 Å². The first-order valence-corrected chi connectivity index (χ1v) is 6.34. The highest BCUT2D eigenvalue weighted by molar-refractivity contribution is 6.30. The van der Waals surface area contributed by atoms with Crippen LogP contribution in [0.5, 0.6) is 0 Å². The number of anilines is 2. The van der Waals surface area contributed by atoms with Crippen LogP contribution in [0.15, 0.2) is 42.6 Å². The molecule has 98 valence electrons. The zero-order valence-electron chi connectivity index (χ0n) is 10.5. The van der Waals surface area contributed by atoms with E-state index in [0.717, 1.165) is 12.2 Å². The minimum Gasteiger partial charge on any atom is -0.385 e. The van der Waals surface area contributed by atoms with E-state index in [0.29, 0.717) is 16.4 Å². The molecule has 0 aliphatic heterocycles. The van der Waals surface area contributed by atoms with E-state index in [1.165, 1.54) is 6.20 Å². The Labute approximate surface area is 116 Å². The molecule has 0 unspecified atom stereocenters. The van der Waals surface area contributed by atoms with Gasteiger partial charge in [-0.3, -0.25) is 4.79 Å². The summed E-state index contributed by atoms with van der Waals surface area (Å²) in [7, 11) is 0. The fraction of sp³-hybridized carbons (Fsp3) is 0.143. The van der Waals surface area contributed by atoms with Crippen molar-refractivity contribution in [1.29, 1.82) is 0 Å². The van der Waals surface area contributed by atoms with E-state index in [4.69, 9.17) is 11.6 Å². The van der Waals surface area contributed by atoms with Crippen molar-refractivity contribution < 1.29 is 4.79 Å². The van der Waals surface area contributed by atoms with Gasteiger partial charge in [-0.15, -0.1) is 0 Å². The second-order valence-electron chi connectivity index (χ2n) is 3.89. The van der Waals surface area contributed by atoms with Gasteiger partial charge in [0, 0.05) is 18.4 Å². The maximum atomic E-state index is 12.2. The summed E-state index contributed by atoms with van der Waals surface area (Å²) in [6, 6.07) is 10.7. The Morgan fingerprint density at radius 1 is 1.26 bits per heavy atom. The van der Waals surface area contributed by atoms with Crippen molar-refractivity contribution >= 4 is 29.0 Å². The Hall–Kier alpha value is -2.07. The molecule has 1 aromatic carbocycles. The Bertz CT molecular complexity index is 569. The van der Waals surface area contributed by atoms with E-state index >= 15 is 0 Å². The highest BCUT2D eigenvalue weighted by Gasteiger charge is 2.10. The normalized spacial score (nSPS) is 10.0. The number of carbonyl (C=O) groups excluding carboxylic acids is 1. The van der Waals surface area contributed by atoms with Gasteiger partial charge in [-0.25, -0.2) is 4.98 Å². The molecule has 0 fully saturated rings. The first kappa shape index (κ1) is 13.4. The molecule has 0 spiro atoms. The molecule has 1 amide bonds. The molecule has 2 N–H and O–H groups in total. The first-order chi connectivity index (χ1) is 9.20. The lowest BCUT2D eigenvalue weighted by atomic mass is 10.1. The van der Waals surface area contributed by atoms with Crippen molar-refractivity contribution in [3.8, 4) is 0 Å². The number of benzene rings is 1. The number of rotatable bonds is 4. The predicted octanol–water partition coefficient (Wildman–Crippen LogP) is 3.42. The SMILES string of the molecule is CCNc1ccccc1C(=O)Nc1ccc(Cl)cn1. The molecule has 0 saturated heterocycles. The Balaban J connectivity index is 2.18. The third-order valence-electron chi connectivity index (χ3n) is 2.51. The van der Waals surface area contributed by atoms with Crippen LogP contribution >= 0.6 is 11.6 Å². The fourth-order valence-electron chi connectivity index (χ4n) is 1.66. The highest BCUT2D eigenvalue weighted by atomic mass is 35.5. The van der Waals surface area contributed by atoms with E-state index in [1.54, 1.807) is 18.2 Å². The minimum atomic E-state index is -0.202. The molecule has 4 nitrogen and oxygen atoms in total. The van der Waals surface area contributed by atoms with E-state index in [2.05, 4.69) is 15.6 Å². The smallest absolute Gasteiger partial charge is 0.258 e. The number of aromatic nitrogens is 1. The van der Waals surface area contributed by atoms with Gasteiger partial charge in [0.05, 0.1) is 10.6 Å². The van der Waals surface area contributed by atoms with Gasteiger partial charge in [0.1, 0.15) is 5.82 Å². The lowest BCUT2D eigenvalue weighted by Gasteiger charge is -2.10. The largest absolute Gasteiger partial charge is 0.385 e. The fourth-order valence-corrected chi connectivity index (χ4v) is 1.77. The van der Waals surface area contributed by atoms with Gasteiger partial charge in [-0.2, -0.15) is 0 Å². The monoisotopic (exact) mass is 275 g/mol. The van der Waals surface area contributed by atoms with Gasteiger partial charge < -0.3 is 10.6 Å². The number of hydrogen-bond donors (Lipinski definition) is 2. The predicted molar refractivity (Wildman–Crippen MR) is 77.8 cm³/mol. The topological polar surface area (TPSA) is 54.0 Å². The number of hydrogen-bond acceptors (Lipinski definition) is 3. The molecule has 0 atom stereocenters. The molecular formula is C14H14ClN3O. The molecule has 19 heavy (non-hydrogen) atoms. The van der Waals surface area contributed by atoms with Crippen LogP contribution in [0.25, 0.3) is 0 Å². The molecule has 0 bridgehead atoms. The van der Waals surface area contributed by atoms with Crippen molar-refractivity contribution in [2.24, 2.45) is 0 Å². The van der Waals surface area contributed by atoms with Gasteiger partial charge in [0.15, 0.2) is 0 Å². The Kier molecular flexibility index (Phi) is 4.36.